The van der Waals surface area contributed by atoms with E-state index in [1.54, 1.807) is 0 Å². The van der Waals surface area contributed by atoms with Gasteiger partial charge in [-0.1, -0.05) is 78.9 Å². The Balaban J connectivity index is 1.98. The van der Waals surface area contributed by atoms with Crippen LogP contribution in [-0.2, 0) is 0 Å². The van der Waals surface area contributed by atoms with Gasteiger partial charge in [0.15, 0.2) is 0 Å². The second kappa shape index (κ2) is 5.54. The average molecular weight is 257 g/mol. The Morgan fingerprint density at radius 1 is 0.550 bits per heavy atom. The van der Waals surface area contributed by atoms with Crippen molar-refractivity contribution in [3.63, 3.8) is 0 Å². The van der Waals surface area contributed by atoms with E-state index in [0.717, 1.165) is 16.7 Å². The van der Waals surface area contributed by atoms with E-state index >= 15 is 0 Å². The Labute approximate surface area is 119 Å². The molecule has 0 amide bonds. The fourth-order valence-corrected chi connectivity index (χ4v) is 2.26. The molecule has 0 radical (unpaired) electrons. The first-order valence-corrected chi connectivity index (χ1v) is 6.64. The Kier molecular flexibility index (Phi) is 3.42. The number of rotatable bonds is 3. The van der Waals surface area contributed by atoms with E-state index in [0.29, 0.717) is 5.71 Å². The van der Waals surface area contributed by atoms with E-state index in [9.17, 15) is 0 Å². The first-order valence-electron chi connectivity index (χ1n) is 6.64. The predicted octanol–water partition coefficient (Wildman–Crippen LogP) is 4.77. The summed E-state index contributed by atoms with van der Waals surface area (Å²) in [4.78, 5) is 0. The lowest BCUT2D eigenvalue weighted by Gasteiger charge is -2.07. The molecule has 0 aromatic heterocycles. The normalized spacial score (nSPS) is 10.2. The maximum Gasteiger partial charge on any atom is 0.0684 e. The molecule has 0 saturated heterocycles. The molecule has 1 heteroatoms. The van der Waals surface area contributed by atoms with Gasteiger partial charge >= 0.3 is 0 Å². The third-order valence-electron chi connectivity index (χ3n) is 3.32. The second-order valence-corrected chi connectivity index (χ2v) is 4.69. The van der Waals surface area contributed by atoms with E-state index in [-0.39, 0.29) is 0 Å². The Morgan fingerprint density at radius 3 is 1.80 bits per heavy atom. The number of nitrogens with one attached hydrogen (secondary N) is 1. The molecule has 0 saturated carbocycles. The minimum absolute atomic E-state index is 0.559. The lowest BCUT2D eigenvalue weighted by molar-refractivity contribution is 1.45. The molecule has 0 bridgehead atoms. The van der Waals surface area contributed by atoms with Gasteiger partial charge in [0.25, 0.3) is 0 Å². The monoisotopic (exact) mass is 257 g/mol. The Morgan fingerprint density at radius 2 is 1.10 bits per heavy atom. The van der Waals surface area contributed by atoms with E-state index in [1.807, 2.05) is 60.7 Å². The standard InChI is InChI=1S/C19H15N/c20-19(16-10-5-2-6-11-16)18-13-7-12-17(14-18)15-8-3-1-4-9-15/h1-14,20H. The third kappa shape index (κ3) is 2.52. The van der Waals surface area contributed by atoms with Crippen LogP contribution in [0.15, 0.2) is 84.9 Å². The van der Waals surface area contributed by atoms with Crippen molar-refractivity contribution >= 4 is 5.71 Å². The highest BCUT2D eigenvalue weighted by Crippen LogP contribution is 2.21. The van der Waals surface area contributed by atoms with Crippen molar-refractivity contribution in [2.75, 3.05) is 0 Å². The highest BCUT2D eigenvalue weighted by atomic mass is 14.4. The molecule has 1 N–H and O–H groups in total. The lowest BCUT2D eigenvalue weighted by atomic mass is 9.98. The molecule has 0 aliphatic rings. The van der Waals surface area contributed by atoms with Crippen molar-refractivity contribution in [1.29, 1.82) is 5.41 Å². The zero-order chi connectivity index (χ0) is 13.8. The molecule has 0 fully saturated rings. The van der Waals surface area contributed by atoms with Crippen LogP contribution in [0.25, 0.3) is 11.1 Å². The Bertz CT molecular complexity index is 715. The predicted molar refractivity (Wildman–Crippen MR) is 84.3 cm³/mol. The van der Waals surface area contributed by atoms with Gasteiger partial charge in [-0.25, -0.2) is 0 Å². The molecular formula is C19H15N. The fraction of sp³-hybridized carbons (Fsp3) is 0. The van der Waals surface area contributed by atoms with Crippen LogP contribution in [0.4, 0.5) is 0 Å². The summed E-state index contributed by atoms with van der Waals surface area (Å²) < 4.78 is 0. The summed E-state index contributed by atoms with van der Waals surface area (Å²) in [6.45, 7) is 0. The van der Waals surface area contributed by atoms with Gasteiger partial charge in [-0.2, -0.15) is 0 Å². The maximum atomic E-state index is 8.33. The van der Waals surface area contributed by atoms with E-state index in [2.05, 4.69) is 24.3 Å². The molecule has 3 aromatic carbocycles. The summed E-state index contributed by atoms with van der Waals surface area (Å²) >= 11 is 0. The zero-order valence-electron chi connectivity index (χ0n) is 11.1. The van der Waals surface area contributed by atoms with Crippen LogP contribution >= 0.6 is 0 Å². The molecule has 3 rings (SSSR count). The second-order valence-electron chi connectivity index (χ2n) is 4.69. The lowest BCUT2D eigenvalue weighted by Crippen LogP contribution is -2.00. The SMILES string of the molecule is N=C(c1ccccc1)c1cccc(-c2ccccc2)c1. The highest BCUT2D eigenvalue weighted by molar-refractivity contribution is 6.11. The minimum Gasteiger partial charge on any atom is -0.300 e. The summed E-state index contributed by atoms with van der Waals surface area (Å²) in [5.41, 5.74) is 4.76. The van der Waals surface area contributed by atoms with Crippen LogP contribution in [0.5, 0.6) is 0 Å². The summed E-state index contributed by atoms with van der Waals surface area (Å²) in [5.74, 6) is 0. The van der Waals surface area contributed by atoms with Gasteiger partial charge in [0.2, 0.25) is 0 Å². The number of hydrogen-bond acceptors (Lipinski definition) is 1. The van der Waals surface area contributed by atoms with E-state index in [1.165, 1.54) is 5.56 Å². The van der Waals surface area contributed by atoms with Crippen LogP contribution in [0, 0.1) is 5.41 Å². The minimum atomic E-state index is 0.559. The molecule has 20 heavy (non-hydrogen) atoms. The smallest absolute Gasteiger partial charge is 0.0684 e. The van der Waals surface area contributed by atoms with Gasteiger partial charge in [0, 0.05) is 5.56 Å². The van der Waals surface area contributed by atoms with Crippen LogP contribution in [0.1, 0.15) is 11.1 Å². The molecule has 0 heterocycles. The van der Waals surface area contributed by atoms with Crippen molar-refractivity contribution < 1.29 is 0 Å². The van der Waals surface area contributed by atoms with Crippen LogP contribution in [-0.4, -0.2) is 5.71 Å². The zero-order valence-corrected chi connectivity index (χ0v) is 11.1. The van der Waals surface area contributed by atoms with Gasteiger partial charge in [-0.15, -0.1) is 0 Å². The van der Waals surface area contributed by atoms with Crippen molar-refractivity contribution in [3.8, 4) is 11.1 Å². The Hall–Kier alpha value is -2.67. The molecule has 3 aromatic rings. The highest BCUT2D eigenvalue weighted by Gasteiger charge is 2.05. The van der Waals surface area contributed by atoms with Crippen LogP contribution < -0.4 is 0 Å². The number of hydrogen-bond donors (Lipinski definition) is 1. The topological polar surface area (TPSA) is 23.9 Å². The summed E-state index contributed by atoms with van der Waals surface area (Å²) in [6.07, 6.45) is 0. The van der Waals surface area contributed by atoms with Crippen molar-refractivity contribution in [2.45, 2.75) is 0 Å². The van der Waals surface area contributed by atoms with Gasteiger partial charge in [-0.3, -0.25) is 5.41 Å². The first kappa shape index (κ1) is 12.4. The summed E-state index contributed by atoms with van der Waals surface area (Å²) in [7, 11) is 0. The number of benzene rings is 3. The molecule has 96 valence electrons. The van der Waals surface area contributed by atoms with Crippen molar-refractivity contribution in [2.24, 2.45) is 0 Å². The molecule has 1 nitrogen and oxygen atoms in total. The van der Waals surface area contributed by atoms with Crippen LogP contribution in [0.2, 0.25) is 0 Å². The van der Waals surface area contributed by atoms with Crippen LogP contribution in [0.3, 0.4) is 0 Å². The fourth-order valence-electron chi connectivity index (χ4n) is 2.26. The van der Waals surface area contributed by atoms with Crippen molar-refractivity contribution in [1.82, 2.24) is 0 Å². The molecule has 0 spiro atoms. The van der Waals surface area contributed by atoms with Gasteiger partial charge in [-0.05, 0) is 22.8 Å². The largest absolute Gasteiger partial charge is 0.300 e. The summed E-state index contributed by atoms with van der Waals surface area (Å²) in [6, 6.07) is 28.2. The average Bonchev–Trinajstić information content (AvgIpc) is 2.56. The molecule has 0 aliphatic heterocycles. The van der Waals surface area contributed by atoms with E-state index in [4.69, 9.17) is 5.41 Å². The maximum absolute atomic E-state index is 8.33. The van der Waals surface area contributed by atoms with Gasteiger partial charge in [0.1, 0.15) is 0 Å². The van der Waals surface area contributed by atoms with Gasteiger partial charge in [0.05, 0.1) is 5.71 Å². The van der Waals surface area contributed by atoms with Gasteiger partial charge < -0.3 is 0 Å². The molecule has 0 atom stereocenters. The first-order chi connectivity index (χ1) is 9.84. The molecule has 0 aliphatic carbocycles. The molecule has 0 unspecified atom stereocenters. The summed E-state index contributed by atoms with van der Waals surface area (Å²) in [5, 5.41) is 8.33. The third-order valence-corrected chi connectivity index (χ3v) is 3.32. The quantitative estimate of drug-likeness (QED) is 0.653. The van der Waals surface area contributed by atoms with Crippen molar-refractivity contribution in [3.05, 3.63) is 96.1 Å². The molecular weight excluding hydrogens is 242 g/mol. The van der Waals surface area contributed by atoms with E-state index < -0.39 is 0 Å².